The van der Waals surface area contributed by atoms with E-state index >= 15 is 0 Å². The van der Waals surface area contributed by atoms with Gasteiger partial charge in [-0.1, -0.05) is 42.5 Å². The second-order valence-corrected chi connectivity index (χ2v) is 4.25. The zero-order valence-corrected chi connectivity index (χ0v) is 10.5. The summed E-state index contributed by atoms with van der Waals surface area (Å²) >= 11 is 0. The molecule has 0 aliphatic rings. The summed E-state index contributed by atoms with van der Waals surface area (Å²) < 4.78 is 4.78. The molecule has 5 heteroatoms. The van der Waals surface area contributed by atoms with Crippen molar-refractivity contribution in [3.05, 3.63) is 60.4 Å². The van der Waals surface area contributed by atoms with Crippen LogP contribution in [0.25, 0.3) is 22.4 Å². The summed E-state index contributed by atoms with van der Waals surface area (Å²) in [5.41, 5.74) is 8.97. The first-order chi connectivity index (χ1) is 9.77. The lowest BCUT2D eigenvalue weighted by Gasteiger charge is -2.10. The lowest BCUT2D eigenvalue weighted by Crippen LogP contribution is -2.12. The Balaban J connectivity index is 2.24. The van der Waals surface area contributed by atoms with Gasteiger partial charge in [-0.05, 0) is 17.2 Å². The number of rotatable bonds is 3. The Hall–Kier alpha value is -2.95. The fourth-order valence-corrected chi connectivity index (χ4v) is 2.16. The van der Waals surface area contributed by atoms with Crippen molar-refractivity contribution in [2.75, 3.05) is 0 Å². The van der Waals surface area contributed by atoms with Gasteiger partial charge < -0.3 is 10.3 Å². The van der Waals surface area contributed by atoms with E-state index in [9.17, 15) is 4.79 Å². The Morgan fingerprint density at radius 1 is 0.950 bits per heavy atom. The van der Waals surface area contributed by atoms with E-state index in [1.54, 1.807) is 12.1 Å². The summed E-state index contributed by atoms with van der Waals surface area (Å²) in [6, 6.07) is 14.8. The van der Waals surface area contributed by atoms with Gasteiger partial charge in [-0.15, -0.1) is 5.10 Å². The van der Waals surface area contributed by atoms with Gasteiger partial charge in [0.1, 0.15) is 5.69 Å². The number of benzene rings is 2. The highest BCUT2D eigenvalue weighted by Crippen LogP contribution is 2.32. The van der Waals surface area contributed by atoms with Gasteiger partial charge in [0.25, 0.3) is 0 Å². The molecule has 2 N–H and O–H groups in total. The normalized spacial score (nSPS) is 10.4. The van der Waals surface area contributed by atoms with Crippen LogP contribution in [0.3, 0.4) is 0 Å². The van der Waals surface area contributed by atoms with Gasteiger partial charge in [0, 0.05) is 16.4 Å². The Bertz CT molecular complexity index is 751. The van der Waals surface area contributed by atoms with Gasteiger partial charge in [0.15, 0.2) is 6.26 Å². The zero-order chi connectivity index (χ0) is 13.9. The fourth-order valence-electron chi connectivity index (χ4n) is 2.16. The third-order valence-electron chi connectivity index (χ3n) is 3.05. The summed E-state index contributed by atoms with van der Waals surface area (Å²) in [7, 11) is 0. The average molecular weight is 265 g/mol. The first-order valence-electron chi connectivity index (χ1n) is 6.03. The largest absolute Gasteiger partial charge is 0.366 e. The monoisotopic (exact) mass is 265 g/mol. The number of carbonyl (C=O) groups is 1. The highest BCUT2D eigenvalue weighted by molar-refractivity contribution is 6.01. The summed E-state index contributed by atoms with van der Waals surface area (Å²) in [6.07, 6.45) is 1.46. The molecule has 1 heterocycles. The highest BCUT2D eigenvalue weighted by Gasteiger charge is 2.14. The Morgan fingerprint density at radius 3 is 2.25 bits per heavy atom. The topological polar surface area (TPSA) is 82.0 Å². The van der Waals surface area contributed by atoms with Gasteiger partial charge in [-0.3, -0.25) is 4.79 Å². The van der Waals surface area contributed by atoms with Crippen molar-refractivity contribution in [2.45, 2.75) is 0 Å². The van der Waals surface area contributed by atoms with Gasteiger partial charge in [-0.2, -0.15) is 0 Å². The maximum Gasteiger partial charge on any atom is 0.249 e. The molecule has 1 amide bonds. The lowest BCUT2D eigenvalue weighted by atomic mass is 9.94. The minimum atomic E-state index is -0.464. The minimum absolute atomic E-state index is 0.464. The predicted molar refractivity (Wildman–Crippen MR) is 73.7 cm³/mol. The standard InChI is InChI=1S/C15H11N3O2/c16-15(19)13-8-4-2-6-11(13)10-5-1-3-7-12(10)14-9-20-18-17-14/h1-9H,(H2,16,19). The maximum absolute atomic E-state index is 11.6. The lowest BCUT2D eigenvalue weighted by molar-refractivity contribution is 0.100. The first kappa shape index (κ1) is 12.1. The highest BCUT2D eigenvalue weighted by atomic mass is 16.5. The number of aromatic nitrogens is 2. The van der Waals surface area contributed by atoms with Gasteiger partial charge >= 0.3 is 0 Å². The Morgan fingerprint density at radius 2 is 1.60 bits per heavy atom. The fraction of sp³-hybridized carbons (Fsp3) is 0. The van der Waals surface area contributed by atoms with Gasteiger partial charge in [-0.25, -0.2) is 0 Å². The molecule has 3 aromatic rings. The predicted octanol–water partition coefficient (Wildman–Crippen LogP) is 2.50. The second-order valence-electron chi connectivity index (χ2n) is 4.25. The maximum atomic E-state index is 11.6. The SMILES string of the molecule is NC(=O)c1ccccc1-c1ccccc1-c1conn1. The van der Waals surface area contributed by atoms with Crippen LogP contribution in [0.2, 0.25) is 0 Å². The summed E-state index contributed by atoms with van der Waals surface area (Å²) in [4.78, 5) is 11.6. The molecular formula is C15H11N3O2. The molecule has 2 aromatic carbocycles. The van der Waals surface area contributed by atoms with E-state index in [-0.39, 0.29) is 0 Å². The number of nitrogens with zero attached hydrogens (tertiary/aromatic N) is 2. The van der Waals surface area contributed by atoms with Crippen LogP contribution in [-0.2, 0) is 0 Å². The third-order valence-corrected chi connectivity index (χ3v) is 3.05. The summed E-state index contributed by atoms with van der Waals surface area (Å²) in [5.74, 6) is -0.464. The molecule has 20 heavy (non-hydrogen) atoms. The number of hydrogen-bond acceptors (Lipinski definition) is 4. The molecule has 0 spiro atoms. The molecule has 0 bridgehead atoms. The number of carbonyl (C=O) groups excluding carboxylic acids is 1. The number of amides is 1. The van der Waals surface area contributed by atoms with Crippen molar-refractivity contribution in [2.24, 2.45) is 5.73 Å². The van der Waals surface area contributed by atoms with Crippen molar-refractivity contribution in [3.63, 3.8) is 0 Å². The van der Waals surface area contributed by atoms with E-state index in [0.29, 0.717) is 11.3 Å². The summed E-state index contributed by atoms with van der Waals surface area (Å²) in [5, 5.41) is 7.39. The molecule has 0 fully saturated rings. The molecule has 0 saturated carbocycles. The van der Waals surface area contributed by atoms with Gasteiger partial charge in [0.2, 0.25) is 5.91 Å². The quantitative estimate of drug-likeness (QED) is 0.788. The minimum Gasteiger partial charge on any atom is -0.366 e. The van der Waals surface area contributed by atoms with Crippen LogP contribution in [-0.4, -0.2) is 16.3 Å². The molecule has 5 nitrogen and oxygen atoms in total. The molecule has 1 aromatic heterocycles. The van der Waals surface area contributed by atoms with Crippen LogP contribution in [0.4, 0.5) is 0 Å². The van der Waals surface area contributed by atoms with E-state index < -0.39 is 5.91 Å². The molecule has 0 radical (unpaired) electrons. The number of primary amides is 1. The number of hydrogen-bond donors (Lipinski definition) is 1. The molecule has 0 atom stereocenters. The Kier molecular flexibility index (Phi) is 3.01. The van der Waals surface area contributed by atoms with Crippen LogP contribution < -0.4 is 5.73 Å². The van der Waals surface area contributed by atoms with Crippen molar-refractivity contribution in [1.82, 2.24) is 10.4 Å². The molecule has 0 aliphatic carbocycles. The van der Waals surface area contributed by atoms with Crippen LogP contribution in [0.15, 0.2) is 59.3 Å². The van der Waals surface area contributed by atoms with Crippen molar-refractivity contribution in [3.8, 4) is 22.4 Å². The van der Waals surface area contributed by atoms with Crippen molar-refractivity contribution in [1.29, 1.82) is 0 Å². The molecule has 0 unspecified atom stereocenters. The van der Waals surface area contributed by atoms with E-state index in [2.05, 4.69) is 10.4 Å². The first-order valence-corrected chi connectivity index (χ1v) is 6.03. The molecule has 3 rings (SSSR count). The van der Waals surface area contributed by atoms with Crippen molar-refractivity contribution >= 4 is 5.91 Å². The number of nitrogens with two attached hydrogens (primary N) is 1. The van der Waals surface area contributed by atoms with Crippen LogP contribution in [0.1, 0.15) is 10.4 Å². The molecule has 0 aliphatic heterocycles. The van der Waals surface area contributed by atoms with Crippen LogP contribution in [0, 0.1) is 0 Å². The smallest absolute Gasteiger partial charge is 0.249 e. The van der Waals surface area contributed by atoms with E-state index in [1.807, 2.05) is 36.4 Å². The van der Waals surface area contributed by atoms with Gasteiger partial charge in [0.05, 0.1) is 0 Å². The summed E-state index contributed by atoms with van der Waals surface area (Å²) in [6.45, 7) is 0. The Labute approximate surface area is 115 Å². The molecule has 98 valence electrons. The van der Waals surface area contributed by atoms with Crippen molar-refractivity contribution < 1.29 is 9.32 Å². The second kappa shape index (κ2) is 4.97. The third kappa shape index (κ3) is 2.05. The average Bonchev–Trinajstić information content (AvgIpc) is 3.01. The zero-order valence-electron chi connectivity index (χ0n) is 10.5. The molecular weight excluding hydrogens is 254 g/mol. The van der Waals surface area contributed by atoms with E-state index in [4.69, 9.17) is 10.3 Å². The van der Waals surface area contributed by atoms with Crippen LogP contribution in [0.5, 0.6) is 0 Å². The molecule has 0 saturated heterocycles. The van der Waals surface area contributed by atoms with Crippen LogP contribution >= 0.6 is 0 Å². The van der Waals surface area contributed by atoms with E-state index in [1.165, 1.54) is 6.26 Å². The van der Waals surface area contributed by atoms with E-state index in [0.717, 1.165) is 16.7 Å².